The highest BCUT2D eigenvalue weighted by Crippen LogP contribution is 2.52. The largest absolute Gasteiger partial charge is 0.311 e. The number of hydrogen-bond acceptors (Lipinski definition) is 3. The predicted molar refractivity (Wildman–Crippen MR) is 254 cm³/mol. The average Bonchev–Trinajstić information content (AvgIpc) is 3.68. The molecule has 59 heavy (non-hydrogen) atoms. The number of benzene rings is 10. The molecule has 0 unspecified atom stereocenters. The molecule has 276 valence electrons. The number of rotatable bonds is 6. The molecule has 0 saturated carbocycles. The minimum atomic E-state index is 1.11. The second-order valence-electron chi connectivity index (χ2n) is 15.4. The van der Waals surface area contributed by atoms with Gasteiger partial charge in [-0.25, -0.2) is 0 Å². The smallest absolute Gasteiger partial charge is 0.0546 e. The summed E-state index contributed by atoms with van der Waals surface area (Å²) in [6.07, 6.45) is 0. The standard InChI is InChI=1S/C56H36N2S/c1-2-14-44(15-3-1)57(46-29-24-39(25-30-46)43-26-33-55-51(35-43)48-16-6-7-19-54(48)59-55)45-27-20-37(21-28-45)38-22-31-47(32-23-38)58-52-18-9-13-40-12-8-17-49(56(40)52)50-34-41-10-4-5-11-42(41)36-53(50)58/h1-36H. The average molecular weight is 769 g/mol. The topological polar surface area (TPSA) is 6.48 Å². The zero-order valence-corrected chi connectivity index (χ0v) is 32.9. The molecule has 0 N–H and O–H groups in total. The molecule has 2 nitrogen and oxygen atoms in total. The zero-order valence-electron chi connectivity index (χ0n) is 32.1. The summed E-state index contributed by atoms with van der Waals surface area (Å²) >= 11 is 1.86. The fourth-order valence-corrected chi connectivity index (χ4v) is 10.2. The summed E-state index contributed by atoms with van der Waals surface area (Å²) in [5.41, 5.74) is 14.3. The highest BCUT2D eigenvalue weighted by Gasteiger charge is 2.26. The Bertz CT molecular complexity index is 3360. The van der Waals surface area contributed by atoms with Gasteiger partial charge in [0.05, 0.1) is 11.4 Å². The Labute approximate surface area is 347 Å². The minimum absolute atomic E-state index is 1.11. The lowest BCUT2D eigenvalue weighted by molar-refractivity contribution is 1.28. The summed E-state index contributed by atoms with van der Waals surface area (Å²) in [5, 5.41) is 7.69. The number of hydrogen-bond donors (Lipinski definition) is 0. The summed E-state index contributed by atoms with van der Waals surface area (Å²) in [7, 11) is 0. The van der Waals surface area contributed by atoms with Gasteiger partial charge in [-0.3, -0.25) is 0 Å². The first-order valence-corrected chi connectivity index (χ1v) is 21.0. The zero-order chi connectivity index (χ0) is 38.9. The van der Waals surface area contributed by atoms with Gasteiger partial charge >= 0.3 is 0 Å². The molecule has 0 radical (unpaired) electrons. The Morgan fingerprint density at radius 3 is 1.64 bits per heavy atom. The summed E-state index contributed by atoms with van der Waals surface area (Å²) < 4.78 is 2.66. The number of anilines is 6. The van der Waals surface area contributed by atoms with E-state index in [2.05, 4.69) is 228 Å². The van der Waals surface area contributed by atoms with E-state index >= 15 is 0 Å². The van der Waals surface area contributed by atoms with Crippen LogP contribution in [-0.2, 0) is 0 Å². The quantitative estimate of drug-likeness (QED) is 0.166. The molecule has 2 heterocycles. The normalized spacial score (nSPS) is 12.0. The van der Waals surface area contributed by atoms with Crippen LogP contribution < -0.4 is 9.80 Å². The van der Waals surface area contributed by atoms with Gasteiger partial charge in [-0.1, -0.05) is 133 Å². The SMILES string of the molecule is c1ccc(N(c2ccc(-c3ccc(N4c5cc6ccccc6cc5-c5cccc6cccc4c56)cc3)cc2)c2ccc(-c3ccc4sc5ccccc5c4c3)cc2)cc1. The van der Waals surface area contributed by atoms with E-state index in [9.17, 15) is 0 Å². The van der Waals surface area contributed by atoms with Crippen molar-refractivity contribution in [3.05, 3.63) is 218 Å². The highest BCUT2D eigenvalue weighted by molar-refractivity contribution is 7.25. The van der Waals surface area contributed by atoms with Gasteiger partial charge in [-0.05, 0) is 129 Å². The molecule has 11 aromatic rings. The number of nitrogens with zero attached hydrogens (tertiary/aromatic N) is 2. The van der Waals surface area contributed by atoms with Crippen LogP contribution in [0.15, 0.2) is 218 Å². The Hall–Kier alpha value is -7.46. The Balaban J connectivity index is 0.874. The monoisotopic (exact) mass is 768 g/mol. The molecule has 0 atom stereocenters. The van der Waals surface area contributed by atoms with Crippen molar-refractivity contribution in [1.29, 1.82) is 0 Å². The summed E-state index contributed by atoms with van der Waals surface area (Å²) in [6.45, 7) is 0. The van der Waals surface area contributed by atoms with Crippen molar-refractivity contribution in [2.24, 2.45) is 0 Å². The molecule has 0 saturated heterocycles. The van der Waals surface area contributed by atoms with Crippen LogP contribution in [0.5, 0.6) is 0 Å². The minimum Gasteiger partial charge on any atom is -0.311 e. The second-order valence-corrected chi connectivity index (χ2v) is 16.4. The van der Waals surface area contributed by atoms with Crippen molar-refractivity contribution in [2.75, 3.05) is 9.80 Å². The third-order valence-electron chi connectivity index (χ3n) is 12.0. The van der Waals surface area contributed by atoms with E-state index in [1.165, 1.54) is 86.5 Å². The van der Waals surface area contributed by atoms with Crippen LogP contribution in [0.25, 0.3) is 75.1 Å². The molecule has 0 aliphatic carbocycles. The van der Waals surface area contributed by atoms with E-state index in [4.69, 9.17) is 0 Å². The molecule has 0 spiro atoms. The number of fused-ring (bicyclic) bond motifs is 6. The molecule has 12 rings (SSSR count). The first-order valence-electron chi connectivity index (χ1n) is 20.2. The molecule has 3 heteroatoms. The molecule has 1 aliphatic rings. The Morgan fingerprint density at radius 2 is 0.898 bits per heavy atom. The second kappa shape index (κ2) is 13.6. The first kappa shape index (κ1) is 33.7. The van der Waals surface area contributed by atoms with Crippen LogP contribution in [0.1, 0.15) is 0 Å². The Morgan fingerprint density at radius 1 is 0.339 bits per heavy atom. The lowest BCUT2D eigenvalue weighted by Gasteiger charge is -2.34. The van der Waals surface area contributed by atoms with E-state index in [1.54, 1.807) is 0 Å². The molecule has 0 bridgehead atoms. The molecule has 1 aromatic heterocycles. The maximum atomic E-state index is 2.44. The number of thiophene rings is 1. The van der Waals surface area contributed by atoms with Gasteiger partial charge in [0.15, 0.2) is 0 Å². The third kappa shape index (κ3) is 5.62. The van der Waals surface area contributed by atoms with Gasteiger partial charge < -0.3 is 9.80 Å². The molecule has 1 aliphatic heterocycles. The van der Waals surface area contributed by atoms with E-state index < -0.39 is 0 Å². The summed E-state index contributed by atoms with van der Waals surface area (Å²) in [5.74, 6) is 0. The van der Waals surface area contributed by atoms with Crippen molar-refractivity contribution in [1.82, 2.24) is 0 Å². The van der Waals surface area contributed by atoms with Crippen LogP contribution in [0.4, 0.5) is 34.1 Å². The van der Waals surface area contributed by atoms with Crippen molar-refractivity contribution >= 4 is 87.2 Å². The Kier molecular flexibility index (Phi) is 7.75. The molecular weight excluding hydrogens is 733 g/mol. The van der Waals surface area contributed by atoms with Crippen molar-refractivity contribution < 1.29 is 0 Å². The van der Waals surface area contributed by atoms with Gasteiger partial charge in [-0.2, -0.15) is 0 Å². The maximum Gasteiger partial charge on any atom is 0.0546 e. The fraction of sp³-hybridized carbons (Fsp3) is 0. The van der Waals surface area contributed by atoms with Gasteiger partial charge in [0.1, 0.15) is 0 Å². The van der Waals surface area contributed by atoms with E-state index in [0.29, 0.717) is 0 Å². The lowest BCUT2D eigenvalue weighted by Crippen LogP contribution is -2.15. The summed E-state index contributed by atoms with van der Waals surface area (Å²) in [4.78, 5) is 4.78. The highest BCUT2D eigenvalue weighted by atomic mass is 32.1. The van der Waals surface area contributed by atoms with Gasteiger partial charge in [-0.15, -0.1) is 11.3 Å². The molecule has 0 amide bonds. The molecule has 0 fully saturated rings. The number of para-hydroxylation sites is 1. The molecule has 10 aromatic carbocycles. The van der Waals surface area contributed by atoms with E-state index in [0.717, 1.165) is 22.7 Å². The van der Waals surface area contributed by atoms with Crippen LogP contribution in [-0.4, -0.2) is 0 Å². The van der Waals surface area contributed by atoms with Crippen LogP contribution >= 0.6 is 11.3 Å². The van der Waals surface area contributed by atoms with Crippen LogP contribution in [0, 0.1) is 0 Å². The third-order valence-corrected chi connectivity index (χ3v) is 13.1. The van der Waals surface area contributed by atoms with Crippen molar-refractivity contribution in [2.45, 2.75) is 0 Å². The van der Waals surface area contributed by atoms with Crippen molar-refractivity contribution in [3.8, 4) is 33.4 Å². The van der Waals surface area contributed by atoms with Crippen LogP contribution in [0.2, 0.25) is 0 Å². The van der Waals surface area contributed by atoms with Crippen LogP contribution in [0.3, 0.4) is 0 Å². The summed E-state index contributed by atoms with van der Waals surface area (Å²) in [6, 6.07) is 79.9. The van der Waals surface area contributed by atoms with Gasteiger partial charge in [0.2, 0.25) is 0 Å². The first-order chi connectivity index (χ1) is 29.2. The maximum absolute atomic E-state index is 2.44. The van der Waals surface area contributed by atoms with Gasteiger partial charge in [0.25, 0.3) is 0 Å². The fourth-order valence-electron chi connectivity index (χ4n) is 9.11. The predicted octanol–water partition coefficient (Wildman–Crippen LogP) is 16.6. The van der Waals surface area contributed by atoms with E-state index in [1.807, 2.05) is 11.3 Å². The van der Waals surface area contributed by atoms with E-state index in [-0.39, 0.29) is 0 Å². The van der Waals surface area contributed by atoms with Crippen molar-refractivity contribution in [3.63, 3.8) is 0 Å². The van der Waals surface area contributed by atoms with Gasteiger partial charge in [0, 0.05) is 53.9 Å². The lowest BCUT2D eigenvalue weighted by atomic mass is 9.89. The molecular formula is C56H36N2S.